The van der Waals surface area contributed by atoms with Crippen LogP contribution in [-0.2, 0) is 4.74 Å². The van der Waals surface area contributed by atoms with Crippen molar-refractivity contribution in [3.05, 3.63) is 0 Å². The Balaban J connectivity index is 4.03. The normalized spacial score (nSPS) is 14.1. The van der Waals surface area contributed by atoms with Gasteiger partial charge < -0.3 is 10.1 Å². The van der Waals surface area contributed by atoms with Crippen molar-refractivity contribution in [1.82, 2.24) is 10.2 Å². The van der Waals surface area contributed by atoms with E-state index in [2.05, 4.69) is 58.7 Å². The molecule has 0 rings (SSSR count). The Labute approximate surface area is 121 Å². The molecule has 3 nitrogen and oxygen atoms in total. The molecule has 1 atom stereocenters. The summed E-state index contributed by atoms with van der Waals surface area (Å²) in [6.45, 7) is 19.6. The highest BCUT2D eigenvalue weighted by Crippen LogP contribution is 2.08. The lowest BCUT2D eigenvalue weighted by Crippen LogP contribution is -2.41. The van der Waals surface area contributed by atoms with Crippen LogP contribution in [0.15, 0.2) is 0 Å². The molecule has 0 aliphatic heterocycles. The molecular formula is C16H36N2O. The Hall–Kier alpha value is -0.120. The van der Waals surface area contributed by atoms with Crippen LogP contribution in [0, 0.1) is 5.92 Å². The minimum absolute atomic E-state index is 0.327. The van der Waals surface area contributed by atoms with Gasteiger partial charge in [-0.2, -0.15) is 0 Å². The van der Waals surface area contributed by atoms with Crippen molar-refractivity contribution < 1.29 is 4.74 Å². The molecule has 0 amide bonds. The summed E-state index contributed by atoms with van der Waals surface area (Å²) in [5.74, 6) is 0.566. The van der Waals surface area contributed by atoms with Gasteiger partial charge in [0.2, 0.25) is 0 Å². The summed E-state index contributed by atoms with van der Waals surface area (Å²) in [6, 6.07) is 1.17. The highest BCUT2D eigenvalue weighted by atomic mass is 16.5. The number of nitrogens with one attached hydrogen (secondary N) is 1. The van der Waals surface area contributed by atoms with Crippen LogP contribution in [0.25, 0.3) is 0 Å². The summed E-state index contributed by atoms with van der Waals surface area (Å²) < 4.78 is 6.08. The van der Waals surface area contributed by atoms with Crippen LogP contribution in [0.2, 0.25) is 0 Å². The molecule has 0 heterocycles. The fraction of sp³-hybridized carbons (Fsp3) is 1.00. The first kappa shape index (κ1) is 18.9. The Morgan fingerprint density at radius 2 is 1.58 bits per heavy atom. The van der Waals surface area contributed by atoms with E-state index in [1.807, 2.05) is 0 Å². The highest BCUT2D eigenvalue weighted by molar-refractivity contribution is 4.69. The van der Waals surface area contributed by atoms with E-state index < -0.39 is 0 Å². The molecule has 0 saturated heterocycles. The first-order valence-corrected chi connectivity index (χ1v) is 7.98. The standard InChI is InChI=1S/C16H36N2O/c1-8-9-17-12-16(13(2)3)19-11-10-18(14(4)5)15(6)7/h13-17H,8-12H2,1-7H3. The average Bonchev–Trinajstić information content (AvgIpc) is 2.30. The summed E-state index contributed by atoms with van der Waals surface area (Å²) in [7, 11) is 0. The van der Waals surface area contributed by atoms with Crippen molar-refractivity contribution in [1.29, 1.82) is 0 Å². The molecule has 19 heavy (non-hydrogen) atoms. The summed E-state index contributed by atoms with van der Waals surface area (Å²) in [5, 5.41) is 3.46. The number of hydrogen-bond acceptors (Lipinski definition) is 3. The van der Waals surface area contributed by atoms with Crippen LogP contribution in [0.4, 0.5) is 0 Å². The highest BCUT2D eigenvalue weighted by Gasteiger charge is 2.16. The van der Waals surface area contributed by atoms with Gasteiger partial charge in [-0.05, 0) is 46.6 Å². The third kappa shape index (κ3) is 8.61. The van der Waals surface area contributed by atoms with E-state index in [0.717, 1.165) is 26.2 Å². The zero-order valence-electron chi connectivity index (χ0n) is 14.2. The van der Waals surface area contributed by atoms with Crippen LogP contribution in [0.1, 0.15) is 54.9 Å². The van der Waals surface area contributed by atoms with Crippen LogP contribution < -0.4 is 5.32 Å². The van der Waals surface area contributed by atoms with Gasteiger partial charge >= 0.3 is 0 Å². The smallest absolute Gasteiger partial charge is 0.0722 e. The van der Waals surface area contributed by atoms with Crippen molar-refractivity contribution in [2.24, 2.45) is 5.92 Å². The van der Waals surface area contributed by atoms with Crippen molar-refractivity contribution in [2.75, 3.05) is 26.2 Å². The first-order chi connectivity index (χ1) is 8.90. The first-order valence-electron chi connectivity index (χ1n) is 7.98. The van der Waals surface area contributed by atoms with Gasteiger partial charge in [0.05, 0.1) is 12.7 Å². The Morgan fingerprint density at radius 1 is 1.00 bits per heavy atom. The Morgan fingerprint density at radius 3 is 2.00 bits per heavy atom. The monoisotopic (exact) mass is 272 g/mol. The van der Waals surface area contributed by atoms with E-state index in [1.54, 1.807) is 0 Å². The summed E-state index contributed by atoms with van der Waals surface area (Å²) >= 11 is 0. The molecule has 1 unspecified atom stereocenters. The van der Waals surface area contributed by atoms with Crippen LogP contribution in [0.5, 0.6) is 0 Å². The van der Waals surface area contributed by atoms with Crippen molar-refractivity contribution in [3.63, 3.8) is 0 Å². The van der Waals surface area contributed by atoms with Gasteiger partial charge in [-0.15, -0.1) is 0 Å². The molecule has 0 aliphatic rings. The minimum Gasteiger partial charge on any atom is -0.375 e. The fourth-order valence-electron chi connectivity index (χ4n) is 2.33. The molecule has 0 spiro atoms. The maximum absolute atomic E-state index is 6.08. The van der Waals surface area contributed by atoms with E-state index in [4.69, 9.17) is 4.74 Å². The summed E-state index contributed by atoms with van der Waals surface area (Å²) in [6.07, 6.45) is 1.51. The molecule has 116 valence electrons. The van der Waals surface area contributed by atoms with Crippen molar-refractivity contribution >= 4 is 0 Å². The van der Waals surface area contributed by atoms with Gasteiger partial charge in [0.15, 0.2) is 0 Å². The van der Waals surface area contributed by atoms with Gasteiger partial charge in [-0.1, -0.05) is 20.8 Å². The van der Waals surface area contributed by atoms with Gasteiger partial charge in [-0.25, -0.2) is 0 Å². The zero-order chi connectivity index (χ0) is 14.8. The second-order valence-electron chi connectivity index (χ2n) is 6.28. The molecule has 3 heteroatoms. The average molecular weight is 272 g/mol. The third-order valence-electron chi connectivity index (χ3n) is 3.52. The molecular weight excluding hydrogens is 236 g/mol. The van der Waals surface area contributed by atoms with Crippen LogP contribution >= 0.6 is 0 Å². The van der Waals surface area contributed by atoms with E-state index >= 15 is 0 Å². The van der Waals surface area contributed by atoms with Crippen molar-refractivity contribution in [2.45, 2.75) is 73.1 Å². The summed E-state index contributed by atoms with van der Waals surface area (Å²) in [5.41, 5.74) is 0. The van der Waals surface area contributed by atoms with Gasteiger partial charge in [0.25, 0.3) is 0 Å². The predicted molar refractivity (Wildman–Crippen MR) is 84.7 cm³/mol. The molecule has 0 aromatic rings. The minimum atomic E-state index is 0.327. The Kier molecular flexibility index (Phi) is 10.6. The predicted octanol–water partition coefficient (Wildman–Crippen LogP) is 3.15. The third-order valence-corrected chi connectivity index (χ3v) is 3.52. The summed E-state index contributed by atoms with van der Waals surface area (Å²) in [4.78, 5) is 2.48. The lowest BCUT2D eigenvalue weighted by Gasteiger charge is -2.31. The topological polar surface area (TPSA) is 24.5 Å². The molecule has 0 aliphatic carbocycles. The molecule has 0 bridgehead atoms. The molecule has 1 N–H and O–H groups in total. The number of ether oxygens (including phenoxy) is 1. The lowest BCUT2D eigenvalue weighted by atomic mass is 10.1. The van der Waals surface area contributed by atoms with Gasteiger partial charge in [0.1, 0.15) is 0 Å². The zero-order valence-corrected chi connectivity index (χ0v) is 14.2. The largest absolute Gasteiger partial charge is 0.375 e. The maximum Gasteiger partial charge on any atom is 0.0722 e. The number of hydrogen-bond donors (Lipinski definition) is 1. The fourth-order valence-corrected chi connectivity index (χ4v) is 2.33. The SMILES string of the molecule is CCCNCC(OCCN(C(C)C)C(C)C)C(C)C. The number of rotatable bonds is 11. The second-order valence-corrected chi connectivity index (χ2v) is 6.28. The van der Waals surface area contributed by atoms with Gasteiger partial charge in [0, 0.05) is 25.2 Å². The Bertz CT molecular complexity index is 197. The molecule has 0 saturated carbocycles. The molecule has 0 fully saturated rings. The maximum atomic E-state index is 6.08. The molecule has 0 aromatic carbocycles. The second kappa shape index (κ2) is 10.6. The molecule has 0 radical (unpaired) electrons. The van der Waals surface area contributed by atoms with E-state index in [-0.39, 0.29) is 0 Å². The van der Waals surface area contributed by atoms with Gasteiger partial charge in [-0.3, -0.25) is 4.90 Å². The van der Waals surface area contributed by atoms with E-state index in [9.17, 15) is 0 Å². The molecule has 0 aromatic heterocycles. The lowest BCUT2D eigenvalue weighted by molar-refractivity contribution is 0.00270. The van der Waals surface area contributed by atoms with E-state index in [1.165, 1.54) is 6.42 Å². The van der Waals surface area contributed by atoms with E-state index in [0.29, 0.717) is 24.1 Å². The van der Waals surface area contributed by atoms with Crippen LogP contribution in [0.3, 0.4) is 0 Å². The quantitative estimate of drug-likeness (QED) is 0.585. The number of nitrogens with zero attached hydrogens (tertiary/aromatic N) is 1. The van der Waals surface area contributed by atoms with Crippen molar-refractivity contribution in [3.8, 4) is 0 Å². The van der Waals surface area contributed by atoms with Crippen LogP contribution in [-0.4, -0.2) is 49.3 Å².